The van der Waals surface area contributed by atoms with Gasteiger partial charge in [0.2, 0.25) is 0 Å². The SMILES string of the molecule is C/C(=N\NC(=O)c1ccc(C)cc1C)c1ccc2c(c1)Cc1ccccc1-2. The van der Waals surface area contributed by atoms with Crippen LogP contribution in [0.1, 0.15) is 45.1 Å². The van der Waals surface area contributed by atoms with Crippen LogP contribution < -0.4 is 5.43 Å². The number of carbonyl (C=O) groups is 1. The zero-order chi connectivity index (χ0) is 19.0. The number of fused-ring (bicyclic) bond motifs is 3. The molecule has 0 unspecified atom stereocenters. The smallest absolute Gasteiger partial charge is 0.267 e. The highest BCUT2D eigenvalue weighted by molar-refractivity contribution is 6.02. The largest absolute Gasteiger partial charge is 0.271 e. The van der Waals surface area contributed by atoms with Crippen molar-refractivity contribution in [1.82, 2.24) is 5.43 Å². The van der Waals surface area contributed by atoms with E-state index < -0.39 is 0 Å². The molecule has 0 saturated heterocycles. The molecule has 3 nitrogen and oxygen atoms in total. The lowest BCUT2D eigenvalue weighted by Crippen LogP contribution is -2.20. The molecule has 134 valence electrons. The van der Waals surface area contributed by atoms with Gasteiger partial charge in [0.1, 0.15) is 0 Å². The minimum absolute atomic E-state index is 0.180. The van der Waals surface area contributed by atoms with Gasteiger partial charge in [-0.25, -0.2) is 5.43 Å². The Labute approximate surface area is 159 Å². The van der Waals surface area contributed by atoms with E-state index in [2.05, 4.69) is 53.0 Å². The fourth-order valence-electron chi connectivity index (χ4n) is 3.70. The number of hydrazone groups is 1. The average Bonchev–Trinajstić information content (AvgIpc) is 3.03. The van der Waals surface area contributed by atoms with Gasteiger partial charge in [-0.1, -0.05) is 54.1 Å². The molecular formula is C24H22N2O. The van der Waals surface area contributed by atoms with E-state index in [4.69, 9.17) is 0 Å². The van der Waals surface area contributed by atoms with Crippen LogP contribution in [0.5, 0.6) is 0 Å². The number of rotatable bonds is 3. The van der Waals surface area contributed by atoms with Crippen LogP contribution in [0.25, 0.3) is 11.1 Å². The third kappa shape index (κ3) is 3.28. The van der Waals surface area contributed by atoms with Gasteiger partial charge < -0.3 is 0 Å². The van der Waals surface area contributed by atoms with Crippen molar-refractivity contribution in [3.05, 3.63) is 94.0 Å². The molecule has 3 aromatic rings. The molecule has 27 heavy (non-hydrogen) atoms. The Kier molecular flexibility index (Phi) is 4.36. The molecule has 1 aliphatic carbocycles. The van der Waals surface area contributed by atoms with E-state index in [1.54, 1.807) is 0 Å². The molecule has 4 rings (SSSR count). The summed E-state index contributed by atoms with van der Waals surface area (Å²) in [5.74, 6) is -0.180. The second-order valence-corrected chi connectivity index (χ2v) is 7.16. The summed E-state index contributed by atoms with van der Waals surface area (Å²) in [5.41, 5.74) is 12.6. The van der Waals surface area contributed by atoms with Gasteiger partial charge in [-0.3, -0.25) is 4.79 Å². The maximum absolute atomic E-state index is 12.4. The third-order valence-electron chi connectivity index (χ3n) is 5.16. The Morgan fingerprint density at radius 3 is 2.52 bits per heavy atom. The standard InChI is InChI=1S/C24H22N2O/c1-15-8-10-21(16(2)12-15)24(27)26-25-17(3)18-9-11-23-20(13-18)14-19-6-4-5-7-22(19)23/h4-13H,14H2,1-3H3,(H,26,27)/b25-17+. The quantitative estimate of drug-likeness (QED) is 0.407. The fraction of sp³-hybridized carbons (Fsp3) is 0.167. The van der Waals surface area contributed by atoms with Crippen molar-refractivity contribution < 1.29 is 4.79 Å². The highest BCUT2D eigenvalue weighted by Crippen LogP contribution is 2.36. The first-order valence-electron chi connectivity index (χ1n) is 9.16. The van der Waals surface area contributed by atoms with Crippen LogP contribution in [0.3, 0.4) is 0 Å². The van der Waals surface area contributed by atoms with Crippen LogP contribution >= 0.6 is 0 Å². The lowest BCUT2D eigenvalue weighted by atomic mass is 10.0. The van der Waals surface area contributed by atoms with Gasteiger partial charge in [0.15, 0.2) is 0 Å². The number of nitrogens with zero attached hydrogens (tertiary/aromatic N) is 1. The summed E-state index contributed by atoms with van der Waals surface area (Å²) in [6.07, 6.45) is 0.946. The van der Waals surface area contributed by atoms with E-state index in [0.717, 1.165) is 28.8 Å². The maximum Gasteiger partial charge on any atom is 0.271 e. The van der Waals surface area contributed by atoms with Gasteiger partial charge in [0.05, 0.1) is 5.71 Å². The summed E-state index contributed by atoms with van der Waals surface area (Å²) in [6, 6.07) is 20.7. The van der Waals surface area contributed by atoms with Gasteiger partial charge in [0.25, 0.3) is 5.91 Å². The van der Waals surface area contributed by atoms with Gasteiger partial charge in [-0.05, 0) is 72.7 Å². The Hall–Kier alpha value is -3.20. The molecule has 0 heterocycles. The highest BCUT2D eigenvalue weighted by atomic mass is 16.2. The first-order chi connectivity index (χ1) is 13.0. The zero-order valence-electron chi connectivity index (χ0n) is 15.8. The van der Waals surface area contributed by atoms with Gasteiger partial charge in [-0.15, -0.1) is 0 Å². The summed E-state index contributed by atoms with van der Waals surface area (Å²) in [5, 5.41) is 4.33. The first kappa shape index (κ1) is 17.2. The predicted molar refractivity (Wildman–Crippen MR) is 110 cm³/mol. The van der Waals surface area contributed by atoms with Crippen molar-refractivity contribution in [1.29, 1.82) is 0 Å². The summed E-state index contributed by atoms with van der Waals surface area (Å²) in [7, 11) is 0. The highest BCUT2D eigenvalue weighted by Gasteiger charge is 2.18. The average molecular weight is 354 g/mol. The molecule has 0 aliphatic heterocycles. The van der Waals surface area contributed by atoms with Crippen LogP contribution in [0.4, 0.5) is 0 Å². The number of aryl methyl sites for hydroxylation is 2. The maximum atomic E-state index is 12.4. The number of benzene rings is 3. The van der Waals surface area contributed by atoms with E-state index in [-0.39, 0.29) is 5.91 Å². The van der Waals surface area contributed by atoms with E-state index in [1.165, 1.54) is 22.3 Å². The molecule has 3 heteroatoms. The first-order valence-corrected chi connectivity index (χ1v) is 9.16. The van der Waals surface area contributed by atoms with Crippen LogP contribution in [-0.2, 0) is 6.42 Å². The Morgan fingerprint density at radius 2 is 1.70 bits per heavy atom. The molecule has 0 radical (unpaired) electrons. The second-order valence-electron chi connectivity index (χ2n) is 7.16. The topological polar surface area (TPSA) is 41.5 Å². The molecule has 0 atom stereocenters. The lowest BCUT2D eigenvalue weighted by molar-refractivity contribution is 0.0954. The summed E-state index contributed by atoms with van der Waals surface area (Å²) >= 11 is 0. The summed E-state index contributed by atoms with van der Waals surface area (Å²) < 4.78 is 0. The molecule has 0 saturated carbocycles. The van der Waals surface area contributed by atoms with Gasteiger partial charge >= 0.3 is 0 Å². The number of amides is 1. The molecule has 3 aromatic carbocycles. The van der Waals surface area contributed by atoms with Crippen molar-refractivity contribution in [3.8, 4) is 11.1 Å². The molecule has 1 amide bonds. The van der Waals surface area contributed by atoms with E-state index in [0.29, 0.717) is 5.56 Å². The van der Waals surface area contributed by atoms with E-state index in [1.807, 2.05) is 39.0 Å². The summed E-state index contributed by atoms with van der Waals surface area (Å²) in [4.78, 5) is 12.4. The summed E-state index contributed by atoms with van der Waals surface area (Å²) in [6.45, 7) is 5.88. The van der Waals surface area contributed by atoms with Crippen LogP contribution in [0.15, 0.2) is 65.8 Å². The van der Waals surface area contributed by atoms with Crippen molar-refractivity contribution in [2.45, 2.75) is 27.2 Å². The van der Waals surface area contributed by atoms with Crippen LogP contribution in [-0.4, -0.2) is 11.6 Å². The monoisotopic (exact) mass is 354 g/mol. The van der Waals surface area contributed by atoms with Crippen LogP contribution in [0.2, 0.25) is 0 Å². The molecule has 0 spiro atoms. The fourth-order valence-corrected chi connectivity index (χ4v) is 3.70. The van der Waals surface area contributed by atoms with E-state index in [9.17, 15) is 4.79 Å². The molecule has 0 aromatic heterocycles. The van der Waals surface area contributed by atoms with Crippen molar-refractivity contribution in [2.75, 3.05) is 0 Å². The number of nitrogens with one attached hydrogen (secondary N) is 1. The number of carbonyl (C=O) groups excluding carboxylic acids is 1. The van der Waals surface area contributed by atoms with Gasteiger partial charge in [-0.2, -0.15) is 5.10 Å². The number of hydrogen-bond donors (Lipinski definition) is 1. The van der Waals surface area contributed by atoms with Crippen molar-refractivity contribution in [3.63, 3.8) is 0 Å². The molecule has 0 fully saturated rings. The second kappa shape index (κ2) is 6.84. The normalized spacial score (nSPS) is 12.5. The third-order valence-corrected chi connectivity index (χ3v) is 5.16. The number of hydrogen-bond acceptors (Lipinski definition) is 2. The van der Waals surface area contributed by atoms with Crippen molar-refractivity contribution >= 4 is 11.6 Å². The Morgan fingerprint density at radius 1 is 0.926 bits per heavy atom. The molecule has 0 bridgehead atoms. The molecule has 1 aliphatic rings. The Balaban J connectivity index is 1.54. The molecular weight excluding hydrogens is 332 g/mol. The van der Waals surface area contributed by atoms with E-state index >= 15 is 0 Å². The predicted octanol–water partition coefficient (Wildman–Crippen LogP) is 5.03. The van der Waals surface area contributed by atoms with Crippen molar-refractivity contribution in [2.24, 2.45) is 5.10 Å². The Bertz CT molecular complexity index is 1080. The minimum Gasteiger partial charge on any atom is -0.267 e. The lowest BCUT2D eigenvalue weighted by Gasteiger charge is -2.08. The zero-order valence-corrected chi connectivity index (χ0v) is 15.8. The van der Waals surface area contributed by atoms with Gasteiger partial charge in [0, 0.05) is 5.56 Å². The van der Waals surface area contributed by atoms with Crippen LogP contribution in [0, 0.1) is 13.8 Å². The minimum atomic E-state index is -0.180. The molecule has 1 N–H and O–H groups in total.